The SMILES string of the molecule is CCOC(=O)C(C)(CCCSCc1ccc(Cl)cc1)NC. The first kappa shape index (κ1) is 18.3. The lowest BCUT2D eigenvalue weighted by Gasteiger charge is -2.26. The van der Waals surface area contributed by atoms with Gasteiger partial charge in [0.2, 0.25) is 0 Å². The van der Waals surface area contributed by atoms with Gasteiger partial charge in [-0.25, -0.2) is 0 Å². The average molecular weight is 330 g/mol. The van der Waals surface area contributed by atoms with E-state index in [1.165, 1.54) is 5.56 Å². The van der Waals surface area contributed by atoms with Crippen molar-refractivity contribution in [3.8, 4) is 0 Å². The van der Waals surface area contributed by atoms with Gasteiger partial charge >= 0.3 is 5.97 Å². The molecule has 1 unspecified atom stereocenters. The number of esters is 1. The van der Waals surface area contributed by atoms with Gasteiger partial charge in [0.15, 0.2) is 0 Å². The van der Waals surface area contributed by atoms with Crippen LogP contribution in [0.5, 0.6) is 0 Å². The van der Waals surface area contributed by atoms with E-state index in [0.29, 0.717) is 6.61 Å². The molecule has 1 atom stereocenters. The fourth-order valence-electron chi connectivity index (χ4n) is 1.92. The lowest BCUT2D eigenvalue weighted by Crippen LogP contribution is -2.48. The van der Waals surface area contributed by atoms with E-state index < -0.39 is 5.54 Å². The quantitative estimate of drug-likeness (QED) is 0.551. The Morgan fingerprint density at radius 3 is 2.62 bits per heavy atom. The van der Waals surface area contributed by atoms with E-state index in [-0.39, 0.29) is 5.97 Å². The second-order valence-electron chi connectivity index (χ2n) is 5.09. The van der Waals surface area contributed by atoms with Crippen LogP contribution in [0.25, 0.3) is 0 Å². The van der Waals surface area contributed by atoms with Gasteiger partial charge in [0.05, 0.1) is 6.61 Å². The molecule has 21 heavy (non-hydrogen) atoms. The number of carbonyl (C=O) groups excluding carboxylic acids is 1. The number of rotatable bonds is 9. The Balaban J connectivity index is 2.28. The molecular weight excluding hydrogens is 306 g/mol. The maximum Gasteiger partial charge on any atom is 0.326 e. The molecule has 118 valence electrons. The second kappa shape index (κ2) is 9.34. The number of hydrogen-bond donors (Lipinski definition) is 1. The third-order valence-electron chi connectivity index (χ3n) is 3.43. The molecule has 1 rings (SSSR count). The van der Waals surface area contributed by atoms with Crippen LogP contribution in [-0.2, 0) is 15.3 Å². The van der Waals surface area contributed by atoms with Gasteiger partial charge in [0.25, 0.3) is 0 Å². The minimum atomic E-state index is -0.586. The molecule has 5 heteroatoms. The number of carbonyl (C=O) groups is 1. The zero-order chi connectivity index (χ0) is 15.7. The molecule has 0 aromatic heterocycles. The number of halogens is 1. The number of thioether (sulfide) groups is 1. The Kier molecular flexibility index (Phi) is 8.15. The van der Waals surface area contributed by atoms with Crippen LogP contribution in [0, 0.1) is 0 Å². The summed E-state index contributed by atoms with van der Waals surface area (Å²) in [6.45, 7) is 4.15. The molecule has 0 saturated carbocycles. The first-order valence-corrected chi connectivity index (χ1v) is 8.73. The van der Waals surface area contributed by atoms with Crippen molar-refractivity contribution in [1.29, 1.82) is 0 Å². The van der Waals surface area contributed by atoms with E-state index in [1.54, 1.807) is 7.05 Å². The molecule has 0 spiro atoms. The van der Waals surface area contributed by atoms with Gasteiger partial charge in [-0.05, 0) is 57.2 Å². The monoisotopic (exact) mass is 329 g/mol. The van der Waals surface area contributed by atoms with Gasteiger partial charge in [-0.15, -0.1) is 0 Å². The number of nitrogens with one attached hydrogen (secondary N) is 1. The Morgan fingerprint density at radius 1 is 1.38 bits per heavy atom. The van der Waals surface area contributed by atoms with Crippen LogP contribution in [0.2, 0.25) is 5.02 Å². The summed E-state index contributed by atoms with van der Waals surface area (Å²) < 4.78 is 5.11. The fourth-order valence-corrected chi connectivity index (χ4v) is 2.96. The molecule has 0 saturated heterocycles. The second-order valence-corrected chi connectivity index (χ2v) is 6.63. The summed E-state index contributed by atoms with van der Waals surface area (Å²) >= 11 is 7.72. The Bertz CT molecular complexity index is 438. The smallest absolute Gasteiger partial charge is 0.326 e. The maximum atomic E-state index is 11.9. The summed E-state index contributed by atoms with van der Waals surface area (Å²) in [5.41, 5.74) is 0.683. The summed E-state index contributed by atoms with van der Waals surface area (Å²) in [6.07, 6.45) is 1.74. The molecule has 3 nitrogen and oxygen atoms in total. The molecule has 0 bridgehead atoms. The number of benzene rings is 1. The van der Waals surface area contributed by atoms with Crippen LogP contribution >= 0.6 is 23.4 Å². The molecule has 0 aliphatic rings. The first-order chi connectivity index (χ1) is 10.0. The van der Waals surface area contributed by atoms with Crippen molar-refractivity contribution in [3.05, 3.63) is 34.9 Å². The highest BCUT2D eigenvalue weighted by Crippen LogP contribution is 2.20. The number of hydrogen-bond acceptors (Lipinski definition) is 4. The lowest BCUT2D eigenvalue weighted by molar-refractivity contribution is -0.150. The van der Waals surface area contributed by atoms with E-state index in [9.17, 15) is 4.79 Å². The van der Waals surface area contributed by atoms with Crippen molar-refractivity contribution in [2.45, 2.75) is 38.0 Å². The van der Waals surface area contributed by atoms with E-state index in [1.807, 2.05) is 49.9 Å². The molecular formula is C16H24ClNO2S. The predicted octanol–water partition coefficient (Wildman–Crippen LogP) is 3.89. The summed E-state index contributed by atoms with van der Waals surface area (Å²) in [7, 11) is 1.80. The Morgan fingerprint density at radius 2 is 2.05 bits per heavy atom. The van der Waals surface area contributed by atoms with Crippen molar-refractivity contribution in [3.63, 3.8) is 0 Å². The minimum absolute atomic E-state index is 0.171. The average Bonchev–Trinajstić information content (AvgIpc) is 2.48. The molecule has 0 amide bonds. The van der Waals surface area contributed by atoms with Gasteiger partial charge in [0.1, 0.15) is 5.54 Å². The standard InChI is InChI=1S/C16H24ClNO2S/c1-4-20-15(19)16(2,18-3)10-5-11-21-12-13-6-8-14(17)9-7-13/h6-9,18H,4-5,10-12H2,1-3H3. The number of likely N-dealkylation sites (N-methyl/N-ethyl adjacent to an activating group) is 1. The van der Waals surface area contributed by atoms with Crippen LogP contribution in [0.1, 0.15) is 32.3 Å². The molecule has 0 fully saturated rings. The van der Waals surface area contributed by atoms with Crippen LogP contribution in [0.3, 0.4) is 0 Å². The normalized spacial score (nSPS) is 13.7. The highest BCUT2D eigenvalue weighted by atomic mass is 35.5. The first-order valence-electron chi connectivity index (χ1n) is 7.20. The highest BCUT2D eigenvalue weighted by molar-refractivity contribution is 7.98. The van der Waals surface area contributed by atoms with Crippen LogP contribution in [0.4, 0.5) is 0 Å². The molecule has 0 heterocycles. The zero-order valence-corrected chi connectivity index (χ0v) is 14.5. The third-order valence-corrected chi connectivity index (χ3v) is 4.79. The fraction of sp³-hybridized carbons (Fsp3) is 0.562. The van der Waals surface area contributed by atoms with E-state index in [0.717, 1.165) is 29.4 Å². The summed E-state index contributed by atoms with van der Waals surface area (Å²) in [5, 5.41) is 3.85. The zero-order valence-electron chi connectivity index (χ0n) is 12.9. The Labute approximate surface area is 136 Å². The molecule has 1 aromatic rings. The van der Waals surface area contributed by atoms with E-state index in [2.05, 4.69) is 5.32 Å². The molecule has 0 radical (unpaired) electrons. The summed E-state index contributed by atoms with van der Waals surface area (Å²) in [4.78, 5) is 11.9. The molecule has 0 aliphatic heterocycles. The van der Waals surface area contributed by atoms with Crippen LogP contribution in [0.15, 0.2) is 24.3 Å². The van der Waals surface area contributed by atoms with Crippen molar-refractivity contribution in [1.82, 2.24) is 5.32 Å². The summed E-state index contributed by atoms with van der Waals surface area (Å²) in [6, 6.07) is 7.92. The lowest BCUT2D eigenvalue weighted by atomic mass is 9.97. The van der Waals surface area contributed by atoms with Gasteiger partial charge in [-0.3, -0.25) is 4.79 Å². The summed E-state index contributed by atoms with van der Waals surface area (Å²) in [5.74, 6) is 1.81. The molecule has 0 aliphatic carbocycles. The maximum absolute atomic E-state index is 11.9. The number of ether oxygens (including phenoxy) is 1. The van der Waals surface area contributed by atoms with Gasteiger partial charge in [-0.1, -0.05) is 23.7 Å². The highest BCUT2D eigenvalue weighted by Gasteiger charge is 2.32. The van der Waals surface area contributed by atoms with Crippen molar-refractivity contribution in [2.75, 3.05) is 19.4 Å². The minimum Gasteiger partial charge on any atom is -0.465 e. The third kappa shape index (κ3) is 6.29. The predicted molar refractivity (Wildman–Crippen MR) is 90.9 cm³/mol. The topological polar surface area (TPSA) is 38.3 Å². The van der Waals surface area contributed by atoms with Crippen LogP contribution in [-0.4, -0.2) is 30.9 Å². The van der Waals surface area contributed by atoms with Gasteiger partial charge in [0, 0.05) is 10.8 Å². The van der Waals surface area contributed by atoms with Gasteiger partial charge < -0.3 is 10.1 Å². The van der Waals surface area contributed by atoms with Crippen molar-refractivity contribution in [2.24, 2.45) is 0 Å². The van der Waals surface area contributed by atoms with E-state index >= 15 is 0 Å². The molecule has 1 aromatic carbocycles. The van der Waals surface area contributed by atoms with Crippen LogP contribution < -0.4 is 5.32 Å². The largest absolute Gasteiger partial charge is 0.465 e. The Hall–Kier alpha value is -0.710. The van der Waals surface area contributed by atoms with E-state index in [4.69, 9.17) is 16.3 Å². The van der Waals surface area contributed by atoms with Crippen molar-refractivity contribution < 1.29 is 9.53 Å². The van der Waals surface area contributed by atoms with Gasteiger partial charge in [-0.2, -0.15) is 11.8 Å². The molecule has 1 N–H and O–H groups in total. The van der Waals surface area contributed by atoms with Crippen molar-refractivity contribution >= 4 is 29.3 Å².